The van der Waals surface area contributed by atoms with Gasteiger partial charge in [-0.3, -0.25) is 0 Å². The Bertz CT molecular complexity index is 1100. The Balaban J connectivity index is 1.50. The van der Waals surface area contributed by atoms with Crippen LogP contribution in [0.15, 0.2) is 59.1 Å². The first-order chi connectivity index (χ1) is 16.0. The normalized spacial score (nSPS) is 13.6. The molecule has 0 unspecified atom stereocenters. The molecule has 0 spiro atoms. The zero-order chi connectivity index (χ0) is 23.2. The highest BCUT2D eigenvalue weighted by Gasteiger charge is 2.17. The first kappa shape index (κ1) is 23.8. The van der Waals surface area contributed by atoms with Crippen molar-refractivity contribution in [3.05, 3.63) is 80.8 Å². The van der Waals surface area contributed by atoms with Crippen molar-refractivity contribution in [3.8, 4) is 11.5 Å². The van der Waals surface area contributed by atoms with Gasteiger partial charge in [-0.1, -0.05) is 57.4 Å². The van der Waals surface area contributed by atoms with E-state index in [-0.39, 0.29) is 0 Å². The Morgan fingerprint density at radius 3 is 2.58 bits per heavy atom. The first-order valence-corrected chi connectivity index (χ1v) is 12.5. The fourth-order valence-corrected chi connectivity index (χ4v) is 4.97. The van der Waals surface area contributed by atoms with E-state index < -0.39 is 0 Å². The quantitative estimate of drug-likeness (QED) is 0.326. The van der Waals surface area contributed by atoms with Crippen LogP contribution in [-0.2, 0) is 13.2 Å². The van der Waals surface area contributed by atoms with Crippen LogP contribution in [0, 0.1) is 6.92 Å². The maximum absolute atomic E-state index is 6.65. The molecule has 1 heterocycles. The lowest BCUT2D eigenvalue weighted by molar-refractivity contribution is 0.281. The summed E-state index contributed by atoms with van der Waals surface area (Å²) in [5.74, 6) is 1.44. The lowest BCUT2D eigenvalue weighted by atomic mass is 10.1. The summed E-state index contributed by atoms with van der Waals surface area (Å²) in [6.45, 7) is 5.27. The van der Waals surface area contributed by atoms with E-state index in [4.69, 9.17) is 21.1 Å². The topological polar surface area (TPSA) is 33.7 Å². The number of aryl methyl sites for hydroxylation is 1. The lowest BCUT2D eigenvalue weighted by Crippen LogP contribution is -2.29. The Kier molecular flexibility index (Phi) is 8.05. The molecule has 1 N–H and O–H groups in total. The van der Waals surface area contributed by atoms with E-state index >= 15 is 0 Å². The molecule has 0 aliphatic carbocycles. The second kappa shape index (κ2) is 11.2. The fraction of sp³-hybridized carbons (Fsp3) is 0.333. The summed E-state index contributed by atoms with van der Waals surface area (Å²) in [5, 5.41) is 4.28. The average Bonchev–Trinajstić information content (AvgIpc) is 2.83. The molecule has 0 amide bonds. The van der Waals surface area contributed by atoms with Crippen molar-refractivity contribution in [2.24, 2.45) is 0 Å². The molecule has 0 radical (unpaired) electrons. The summed E-state index contributed by atoms with van der Waals surface area (Å²) in [6, 6.07) is 18.5. The van der Waals surface area contributed by atoms with Crippen molar-refractivity contribution in [2.45, 2.75) is 39.3 Å². The van der Waals surface area contributed by atoms with Gasteiger partial charge in [-0.2, -0.15) is 0 Å². The Labute approximate surface area is 210 Å². The highest BCUT2D eigenvalue weighted by molar-refractivity contribution is 9.10. The van der Waals surface area contributed by atoms with Crippen LogP contribution in [0.25, 0.3) is 0 Å². The van der Waals surface area contributed by atoms with E-state index in [1.165, 1.54) is 24.8 Å². The second-order valence-corrected chi connectivity index (χ2v) is 9.66. The van der Waals surface area contributed by atoms with Gasteiger partial charge in [-0.15, -0.1) is 0 Å². The van der Waals surface area contributed by atoms with Crippen LogP contribution in [0.4, 0.5) is 11.4 Å². The van der Waals surface area contributed by atoms with Crippen molar-refractivity contribution in [3.63, 3.8) is 0 Å². The van der Waals surface area contributed by atoms with Crippen LogP contribution in [0.5, 0.6) is 11.5 Å². The minimum Gasteiger partial charge on any atom is -0.493 e. The van der Waals surface area contributed by atoms with Gasteiger partial charge in [0, 0.05) is 35.4 Å². The zero-order valence-electron chi connectivity index (χ0n) is 19.2. The third-order valence-corrected chi connectivity index (χ3v) is 7.01. The van der Waals surface area contributed by atoms with Crippen molar-refractivity contribution < 1.29 is 9.47 Å². The number of methoxy groups -OCH3 is 1. The summed E-state index contributed by atoms with van der Waals surface area (Å²) >= 11 is 10.3. The first-order valence-electron chi connectivity index (χ1n) is 11.4. The van der Waals surface area contributed by atoms with Crippen molar-refractivity contribution in [1.29, 1.82) is 0 Å². The van der Waals surface area contributed by atoms with Gasteiger partial charge in [-0.05, 0) is 62.1 Å². The predicted octanol–water partition coefficient (Wildman–Crippen LogP) is 7.60. The summed E-state index contributed by atoms with van der Waals surface area (Å²) in [5.41, 5.74) is 5.42. The van der Waals surface area contributed by atoms with Crippen LogP contribution in [-0.4, -0.2) is 20.2 Å². The van der Waals surface area contributed by atoms with Crippen LogP contribution in [0.1, 0.15) is 36.0 Å². The SMILES string of the molecule is COc1ccc(Br)c(CNc2ccc(N3CCCCC3)c(Cl)c2)c1OCc1cccc(C)c1. The number of nitrogens with one attached hydrogen (secondary N) is 1. The minimum absolute atomic E-state index is 0.470. The molecule has 1 fully saturated rings. The third kappa shape index (κ3) is 5.96. The van der Waals surface area contributed by atoms with Gasteiger partial charge < -0.3 is 19.7 Å². The van der Waals surface area contributed by atoms with Crippen LogP contribution in [0.2, 0.25) is 5.02 Å². The maximum atomic E-state index is 6.65. The number of benzene rings is 3. The van der Waals surface area contributed by atoms with Crippen LogP contribution in [0.3, 0.4) is 0 Å². The van der Waals surface area contributed by atoms with Crippen LogP contribution < -0.4 is 19.7 Å². The van der Waals surface area contributed by atoms with Gasteiger partial charge in [0.2, 0.25) is 0 Å². The van der Waals surface area contributed by atoms with E-state index in [1.807, 2.05) is 24.3 Å². The summed E-state index contributed by atoms with van der Waals surface area (Å²) in [7, 11) is 1.67. The summed E-state index contributed by atoms with van der Waals surface area (Å²) < 4.78 is 12.8. The highest BCUT2D eigenvalue weighted by atomic mass is 79.9. The lowest BCUT2D eigenvalue weighted by Gasteiger charge is -2.29. The number of anilines is 2. The molecular formula is C27H30BrClN2O2. The molecule has 33 heavy (non-hydrogen) atoms. The Morgan fingerprint density at radius 1 is 1.03 bits per heavy atom. The monoisotopic (exact) mass is 528 g/mol. The molecule has 0 aromatic heterocycles. The molecule has 4 nitrogen and oxygen atoms in total. The molecule has 0 bridgehead atoms. The molecular weight excluding hydrogens is 500 g/mol. The zero-order valence-corrected chi connectivity index (χ0v) is 21.5. The molecule has 1 saturated heterocycles. The molecule has 6 heteroatoms. The Morgan fingerprint density at radius 2 is 1.85 bits per heavy atom. The van der Waals surface area contributed by atoms with Gasteiger partial charge >= 0.3 is 0 Å². The average molecular weight is 530 g/mol. The smallest absolute Gasteiger partial charge is 0.167 e. The van der Waals surface area contributed by atoms with Gasteiger partial charge in [-0.25, -0.2) is 0 Å². The molecule has 1 aliphatic rings. The van der Waals surface area contributed by atoms with Gasteiger partial charge in [0.05, 0.1) is 17.8 Å². The molecule has 3 aromatic rings. The van der Waals surface area contributed by atoms with Gasteiger partial charge in [0.25, 0.3) is 0 Å². The fourth-order valence-electron chi connectivity index (χ4n) is 4.22. The highest BCUT2D eigenvalue weighted by Crippen LogP contribution is 2.38. The van der Waals surface area contributed by atoms with E-state index in [0.717, 1.165) is 50.8 Å². The number of rotatable bonds is 8. The summed E-state index contributed by atoms with van der Waals surface area (Å²) in [4.78, 5) is 2.38. The van der Waals surface area contributed by atoms with E-state index in [0.29, 0.717) is 18.9 Å². The summed E-state index contributed by atoms with van der Waals surface area (Å²) in [6.07, 6.45) is 3.76. The van der Waals surface area contributed by atoms with Gasteiger partial charge in [0.1, 0.15) is 6.61 Å². The molecule has 1 aliphatic heterocycles. The maximum Gasteiger partial charge on any atom is 0.167 e. The largest absolute Gasteiger partial charge is 0.493 e. The third-order valence-electron chi connectivity index (χ3n) is 5.97. The van der Waals surface area contributed by atoms with E-state index in [2.05, 4.69) is 63.4 Å². The standard InChI is InChI=1S/C27H30BrClN2O2/c1-19-7-6-8-20(15-19)18-33-27-22(23(28)10-12-26(27)32-2)17-30-21-9-11-25(24(29)16-21)31-13-4-3-5-14-31/h6-12,15-16,30H,3-5,13-14,17-18H2,1-2H3. The second-order valence-electron chi connectivity index (χ2n) is 8.40. The van der Waals surface area contributed by atoms with E-state index in [9.17, 15) is 0 Å². The van der Waals surface area contributed by atoms with Gasteiger partial charge in [0.15, 0.2) is 11.5 Å². The number of piperidine rings is 1. The molecule has 174 valence electrons. The molecule has 4 rings (SSSR count). The number of ether oxygens (including phenoxy) is 2. The van der Waals surface area contributed by atoms with Crippen molar-refractivity contribution in [2.75, 3.05) is 30.4 Å². The number of nitrogens with zero attached hydrogens (tertiary/aromatic N) is 1. The minimum atomic E-state index is 0.470. The Hall–Kier alpha value is -2.37. The van der Waals surface area contributed by atoms with Crippen molar-refractivity contribution in [1.82, 2.24) is 0 Å². The van der Waals surface area contributed by atoms with Crippen LogP contribution >= 0.6 is 27.5 Å². The predicted molar refractivity (Wildman–Crippen MR) is 141 cm³/mol. The molecule has 3 aromatic carbocycles. The molecule has 0 saturated carbocycles. The number of hydrogen-bond acceptors (Lipinski definition) is 4. The number of halogens is 2. The van der Waals surface area contributed by atoms with Crippen molar-refractivity contribution >= 4 is 38.9 Å². The molecule has 0 atom stereocenters. The number of hydrogen-bond donors (Lipinski definition) is 1. The van der Waals surface area contributed by atoms with E-state index in [1.54, 1.807) is 7.11 Å².